The van der Waals surface area contributed by atoms with Crippen molar-refractivity contribution in [3.8, 4) is 0 Å². The smallest absolute Gasteiger partial charge is 0.195 e. The van der Waals surface area contributed by atoms with Gasteiger partial charge in [-0.2, -0.15) is 0 Å². The van der Waals surface area contributed by atoms with Crippen LogP contribution in [0.2, 0.25) is 5.02 Å². The van der Waals surface area contributed by atoms with Crippen LogP contribution < -0.4 is 0 Å². The maximum Gasteiger partial charge on any atom is 0.195 e. The molecule has 0 atom stereocenters. The Bertz CT molecular complexity index is 1430. The van der Waals surface area contributed by atoms with Crippen LogP contribution in [0.25, 0.3) is 17.2 Å². The zero-order valence-electron chi connectivity index (χ0n) is 17.7. The van der Waals surface area contributed by atoms with Gasteiger partial charge in [-0.1, -0.05) is 109 Å². The summed E-state index contributed by atoms with van der Waals surface area (Å²) in [5, 5.41) is 0.378. The van der Waals surface area contributed by atoms with E-state index < -0.39 is 0 Å². The molecule has 0 spiro atoms. The number of benzene rings is 4. The molecule has 1 aliphatic rings. The molecular weight excluding hydrogens is 428 g/mol. The van der Waals surface area contributed by atoms with Crippen molar-refractivity contribution < 1.29 is 9.59 Å². The fourth-order valence-electron chi connectivity index (χ4n) is 4.19. The molecule has 0 amide bonds. The Balaban J connectivity index is 1.81. The van der Waals surface area contributed by atoms with E-state index in [-0.39, 0.29) is 11.6 Å². The molecule has 0 saturated heterocycles. The van der Waals surface area contributed by atoms with E-state index in [1.807, 2.05) is 78.9 Å². The van der Waals surface area contributed by atoms with Crippen molar-refractivity contribution in [1.82, 2.24) is 0 Å². The lowest BCUT2D eigenvalue weighted by Crippen LogP contribution is -2.10. The molecule has 0 fully saturated rings. The summed E-state index contributed by atoms with van der Waals surface area (Å²) in [6, 6.07) is 33.4. The number of ketones is 2. The molecule has 0 unspecified atom stereocenters. The molecule has 4 aromatic rings. The van der Waals surface area contributed by atoms with E-state index in [1.54, 1.807) is 36.4 Å². The third-order valence-electron chi connectivity index (χ3n) is 5.74. The minimum atomic E-state index is -0.217. The number of rotatable bonds is 5. The van der Waals surface area contributed by atoms with Gasteiger partial charge in [0.2, 0.25) is 0 Å². The van der Waals surface area contributed by atoms with Crippen LogP contribution in [0.1, 0.15) is 37.4 Å². The average molecular weight is 447 g/mol. The molecule has 0 bridgehead atoms. The van der Waals surface area contributed by atoms with Gasteiger partial charge in [0, 0.05) is 27.8 Å². The highest BCUT2D eigenvalue weighted by atomic mass is 35.5. The minimum Gasteiger partial charge on any atom is -0.289 e. The first-order valence-corrected chi connectivity index (χ1v) is 11.0. The second-order valence-corrected chi connectivity index (χ2v) is 8.17. The summed E-state index contributed by atoms with van der Waals surface area (Å²) in [5.74, 6) is -0.340. The second kappa shape index (κ2) is 8.85. The molecule has 0 aromatic heterocycles. The van der Waals surface area contributed by atoms with Gasteiger partial charge in [-0.05, 0) is 34.9 Å². The van der Waals surface area contributed by atoms with Gasteiger partial charge in [0.25, 0.3) is 0 Å². The van der Waals surface area contributed by atoms with Crippen LogP contribution in [0.5, 0.6) is 0 Å². The number of carbonyl (C=O) groups is 2. The lowest BCUT2D eigenvalue weighted by atomic mass is 9.85. The quantitative estimate of drug-likeness (QED) is 0.236. The number of hydrogen-bond donors (Lipinski definition) is 0. The molecular formula is C30H19ClO2. The topological polar surface area (TPSA) is 34.1 Å². The van der Waals surface area contributed by atoms with Gasteiger partial charge < -0.3 is 0 Å². The summed E-state index contributed by atoms with van der Waals surface area (Å²) in [6.07, 6.45) is 1.88. The largest absolute Gasteiger partial charge is 0.289 e. The van der Waals surface area contributed by atoms with Gasteiger partial charge in [0.15, 0.2) is 11.6 Å². The molecule has 33 heavy (non-hydrogen) atoms. The SMILES string of the molecule is O=C(C1=Cc2ccccc2/C1=C(\C(=O)c1ccccc1Cl)c1ccccc1)c1ccccc1. The molecule has 0 heterocycles. The number of halogens is 1. The molecule has 5 rings (SSSR count). The summed E-state index contributed by atoms with van der Waals surface area (Å²) >= 11 is 6.43. The fourth-order valence-corrected chi connectivity index (χ4v) is 4.41. The van der Waals surface area contributed by atoms with Gasteiger partial charge in [-0.15, -0.1) is 0 Å². The van der Waals surface area contributed by atoms with Crippen molar-refractivity contribution in [1.29, 1.82) is 0 Å². The van der Waals surface area contributed by atoms with Gasteiger partial charge >= 0.3 is 0 Å². The highest BCUT2D eigenvalue weighted by molar-refractivity contribution is 6.44. The van der Waals surface area contributed by atoms with Crippen LogP contribution in [-0.2, 0) is 0 Å². The number of hydrogen-bond acceptors (Lipinski definition) is 2. The van der Waals surface area contributed by atoms with Gasteiger partial charge in [-0.25, -0.2) is 0 Å². The van der Waals surface area contributed by atoms with Gasteiger partial charge in [0.05, 0.1) is 5.02 Å². The fraction of sp³-hybridized carbons (Fsp3) is 0. The Labute approximate surface area is 197 Å². The van der Waals surface area contributed by atoms with E-state index in [9.17, 15) is 9.59 Å². The number of allylic oxidation sites excluding steroid dienone is 3. The van der Waals surface area contributed by atoms with Crippen molar-refractivity contribution in [3.63, 3.8) is 0 Å². The maximum absolute atomic E-state index is 14.0. The first-order chi connectivity index (χ1) is 16.1. The molecule has 0 saturated carbocycles. The number of carbonyl (C=O) groups excluding carboxylic acids is 2. The van der Waals surface area contributed by atoms with Crippen LogP contribution in [0.3, 0.4) is 0 Å². The first-order valence-electron chi connectivity index (χ1n) is 10.7. The molecule has 2 nitrogen and oxygen atoms in total. The molecule has 3 heteroatoms. The van der Waals surface area contributed by atoms with E-state index in [0.29, 0.717) is 32.9 Å². The molecule has 1 aliphatic carbocycles. The van der Waals surface area contributed by atoms with Crippen LogP contribution in [0.4, 0.5) is 0 Å². The van der Waals surface area contributed by atoms with Gasteiger partial charge in [0.1, 0.15) is 0 Å². The van der Waals surface area contributed by atoms with E-state index in [1.165, 1.54) is 0 Å². The summed E-state index contributed by atoms with van der Waals surface area (Å²) in [5.41, 5.74) is 5.08. The third kappa shape index (κ3) is 3.86. The molecule has 0 aliphatic heterocycles. The molecule has 158 valence electrons. The Morgan fingerprint density at radius 1 is 0.606 bits per heavy atom. The number of Topliss-reactive ketones (excluding diaryl/α,β-unsaturated/α-hetero) is 2. The lowest BCUT2D eigenvalue weighted by Gasteiger charge is -2.16. The van der Waals surface area contributed by atoms with Crippen molar-refractivity contribution >= 4 is 40.4 Å². The second-order valence-electron chi connectivity index (χ2n) is 7.77. The first kappa shape index (κ1) is 20.9. The summed E-state index contributed by atoms with van der Waals surface area (Å²) < 4.78 is 0. The van der Waals surface area contributed by atoms with Crippen molar-refractivity contribution in [2.45, 2.75) is 0 Å². The van der Waals surface area contributed by atoms with Crippen molar-refractivity contribution in [2.75, 3.05) is 0 Å². The van der Waals surface area contributed by atoms with Crippen molar-refractivity contribution in [3.05, 3.63) is 148 Å². The summed E-state index contributed by atoms with van der Waals surface area (Å²) in [7, 11) is 0. The molecule has 0 radical (unpaired) electrons. The monoisotopic (exact) mass is 446 g/mol. The van der Waals surface area contributed by atoms with Crippen LogP contribution in [0.15, 0.2) is 115 Å². The summed E-state index contributed by atoms with van der Waals surface area (Å²) in [6.45, 7) is 0. The molecule has 0 N–H and O–H groups in total. The predicted octanol–water partition coefficient (Wildman–Crippen LogP) is 7.41. The molecule has 4 aromatic carbocycles. The zero-order chi connectivity index (χ0) is 22.8. The normalized spacial score (nSPS) is 13.8. The van der Waals surface area contributed by atoms with Crippen LogP contribution >= 0.6 is 11.6 Å². The number of fused-ring (bicyclic) bond motifs is 1. The van der Waals surface area contributed by atoms with E-state index in [0.717, 1.165) is 16.7 Å². The summed E-state index contributed by atoms with van der Waals surface area (Å²) in [4.78, 5) is 27.6. The standard InChI is InChI=1S/C30H19ClO2/c31-26-18-10-9-17-24(26)30(33)27(20-11-3-1-4-12-20)28-23-16-8-7-15-22(23)19-25(28)29(32)21-13-5-2-6-14-21/h1-19H/b28-27+. The van der Waals surface area contributed by atoms with E-state index in [4.69, 9.17) is 11.6 Å². The Morgan fingerprint density at radius 3 is 1.88 bits per heavy atom. The van der Waals surface area contributed by atoms with Crippen LogP contribution in [0, 0.1) is 0 Å². The predicted molar refractivity (Wildman–Crippen MR) is 134 cm³/mol. The lowest BCUT2D eigenvalue weighted by molar-refractivity contribution is 0.104. The van der Waals surface area contributed by atoms with Gasteiger partial charge in [-0.3, -0.25) is 9.59 Å². The highest BCUT2D eigenvalue weighted by Crippen LogP contribution is 2.43. The highest BCUT2D eigenvalue weighted by Gasteiger charge is 2.31. The maximum atomic E-state index is 14.0. The Kier molecular flexibility index (Phi) is 5.60. The van der Waals surface area contributed by atoms with E-state index in [2.05, 4.69) is 0 Å². The zero-order valence-corrected chi connectivity index (χ0v) is 18.4. The third-order valence-corrected chi connectivity index (χ3v) is 6.07. The Hall–Kier alpha value is -4.01. The Morgan fingerprint density at radius 2 is 1.18 bits per heavy atom. The van der Waals surface area contributed by atoms with E-state index >= 15 is 0 Å². The van der Waals surface area contributed by atoms with Crippen molar-refractivity contribution in [2.24, 2.45) is 0 Å². The van der Waals surface area contributed by atoms with Crippen LogP contribution in [-0.4, -0.2) is 11.6 Å². The average Bonchev–Trinajstić information content (AvgIpc) is 3.24. The minimum absolute atomic E-state index is 0.123.